The Balaban J connectivity index is 1.75. The van der Waals surface area contributed by atoms with Crippen LogP contribution in [0.3, 0.4) is 0 Å². The number of halogens is 1. The van der Waals surface area contributed by atoms with Crippen molar-refractivity contribution in [2.45, 2.75) is 18.0 Å². The second-order valence-corrected chi connectivity index (χ2v) is 9.53. The van der Waals surface area contributed by atoms with Gasteiger partial charge in [-0.1, -0.05) is 6.07 Å². The van der Waals surface area contributed by atoms with Crippen LogP contribution in [0.1, 0.15) is 15.9 Å². The quantitative estimate of drug-likeness (QED) is 0.642. The molecule has 1 aromatic carbocycles. The van der Waals surface area contributed by atoms with E-state index in [1.54, 1.807) is 0 Å². The fourth-order valence-electron chi connectivity index (χ4n) is 3.47. The fourth-order valence-corrected chi connectivity index (χ4v) is 4.41. The number of sulfone groups is 1. The topological polar surface area (TPSA) is 112 Å². The lowest BCUT2D eigenvalue weighted by atomic mass is 10.2. The molecule has 2 aromatic rings. The molecule has 1 aliphatic heterocycles. The maximum atomic E-state index is 13.5. The van der Waals surface area contributed by atoms with Gasteiger partial charge in [0.15, 0.2) is 15.6 Å². The smallest absolute Gasteiger partial charge is 0.259 e. The maximum absolute atomic E-state index is 13.5. The minimum absolute atomic E-state index is 0.106. The standard InChI is InChI=1S/C20H26FN3O6S/c1-22(12-14-3-4-15(21)11-17(14)31(2,28)29)19(26)16-13-24(20(27)18(16)25)6-5-23-7-9-30-10-8-23/h3-4,11,13,25,27H,5-10,12H2,1-2H3. The largest absolute Gasteiger partial charge is 0.503 e. The molecule has 170 valence electrons. The third-order valence-electron chi connectivity index (χ3n) is 5.20. The molecule has 1 aliphatic rings. The van der Waals surface area contributed by atoms with Crippen molar-refractivity contribution in [3.05, 3.63) is 41.3 Å². The van der Waals surface area contributed by atoms with Gasteiger partial charge in [0.25, 0.3) is 5.91 Å². The summed E-state index contributed by atoms with van der Waals surface area (Å²) >= 11 is 0. The second kappa shape index (κ2) is 9.25. The van der Waals surface area contributed by atoms with Crippen LogP contribution in [0.4, 0.5) is 4.39 Å². The number of hydrogen-bond donors (Lipinski definition) is 2. The zero-order valence-corrected chi connectivity index (χ0v) is 18.2. The van der Waals surface area contributed by atoms with E-state index in [1.807, 2.05) is 0 Å². The first-order chi connectivity index (χ1) is 14.6. The predicted molar refractivity (Wildman–Crippen MR) is 110 cm³/mol. The Labute approximate surface area is 180 Å². The van der Waals surface area contributed by atoms with Gasteiger partial charge < -0.3 is 24.4 Å². The minimum atomic E-state index is -3.71. The molecular weight excluding hydrogens is 429 g/mol. The molecule has 0 spiro atoms. The number of benzene rings is 1. The SMILES string of the molecule is CN(Cc1ccc(F)cc1S(C)(=O)=O)C(=O)c1cn(CCN2CCOCC2)c(O)c1O. The van der Waals surface area contributed by atoms with Gasteiger partial charge in [0.2, 0.25) is 5.88 Å². The number of rotatable bonds is 7. The number of carbonyl (C=O) groups excluding carboxylic acids is 1. The summed E-state index contributed by atoms with van der Waals surface area (Å²) in [6, 6.07) is 3.34. The van der Waals surface area contributed by atoms with Crippen LogP contribution in [-0.4, -0.2) is 85.1 Å². The van der Waals surface area contributed by atoms with Crippen molar-refractivity contribution < 1.29 is 32.6 Å². The number of carbonyl (C=O) groups is 1. The molecule has 31 heavy (non-hydrogen) atoms. The van der Waals surface area contributed by atoms with Crippen LogP contribution in [0, 0.1) is 5.82 Å². The summed E-state index contributed by atoms with van der Waals surface area (Å²) < 4.78 is 44.2. The predicted octanol–water partition coefficient (Wildman–Crippen LogP) is 1.05. The van der Waals surface area contributed by atoms with Gasteiger partial charge in [0.1, 0.15) is 11.4 Å². The van der Waals surface area contributed by atoms with Crippen molar-refractivity contribution in [2.75, 3.05) is 46.2 Å². The molecule has 0 radical (unpaired) electrons. The third-order valence-corrected chi connectivity index (χ3v) is 6.38. The highest BCUT2D eigenvalue weighted by Gasteiger charge is 2.25. The summed E-state index contributed by atoms with van der Waals surface area (Å²) in [5.41, 5.74) is 0.139. The zero-order valence-electron chi connectivity index (χ0n) is 17.4. The van der Waals surface area contributed by atoms with E-state index in [0.29, 0.717) is 26.3 Å². The van der Waals surface area contributed by atoms with E-state index in [9.17, 15) is 27.8 Å². The monoisotopic (exact) mass is 455 g/mol. The molecule has 2 N–H and O–H groups in total. The summed E-state index contributed by atoms with van der Waals surface area (Å²) in [4.78, 5) is 16.0. The first kappa shape index (κ1) is 23.0. The lowest BCUT2D eigenvalue weighted by Gasteiger charge is -2.26. The molecule has 1 aromatic heterocycles. The molecule has 0 bridgehead atoms. The second-order valence-electron chi connectivity index (χ2n) is 7.55. The normalized spacial score (nSPS) is 15.2. The van der Waals surface area contributed by atoms with Gasteiger partial charge in [-0.2, -0.15) is 0 Å². The molecule has 0 saturated carbocycles. The molecule has 0 aliphatic carbocycles. The Bertz CT molecular complexity index is 1060. The Kier molecular flexibility index (Phi) is 6.87. The van der Waals surface area contributed by atoms with Crippen LogP contribution in [0.5, 0.6) is 11.6 Å². The molecule has 11 heteroatoms. The van der Waals surface area contributed by atoms with Crippen LogP contribution < -0.4 is 0 Å². The maximum Gasteiger partial charge on any atom is 0.259 e. The molecule has 0 atom stereocenters. The number of morpholine rings is 1. The number of amides is 1. The number of nitrogens with zero attached hydrogens (tertiary/aromatic N) is 3. The average Bonchev–Trinajstić information content (AvgIpc) is 3.01. The highest BCUT2D eigenvalue weighted by Crippen LogP contribution is 2.32. The first-order valence-electron chi connectivity index (χ1n) is 9.73. The van der Waals surface area contributed by atoms with Gasteiger partial charge in [-0.3, -0.25) is 9.69 Å². The number of hydrogen-bond acceptors (Lipinski definition) is 7. The molecule has 2 heterocycles. The van der Waals surface area contributed by atoms with Gasteiger partial charge in [0.05, 0.1) is 18.1 Å². The summed E-state index contributed by atoms with van der Waals surface area (Å²) in [5, 5.41) is 20.5. The van der Waals surface area contributed by atoms with Gasteiger partial charge >= 0.3 is 0 Å². The van der Waals surface area contributed by atoms with E-state index in [4.69, 9.17) is 4.74 Å². The van der Waals surface area contributed by atoms with Crippen LogP contribution in [0.15, 0.2) is 29.3 Å². The Morgan fingerprint density at radius 2 is 1.90 bits per heavy atom. The summed E-state index contributed by atoms with van der Waals surface area (Å²) in [6.45, 7) is 3.66. The average molecular weight is 456 g/mol. The van der Waals surface area contributed by atoms with Crippen molar-refractivity contribution in [1.82, 2.24) is 14.4 Å². The number of aromatic nitrogens is 1. The van der Waals surface area contributed by atoms with E-state index in [0.717, 1.165) is 31.5 Å². The molecule has 0 unspecified atom stereocenters. The fraction of sp³-hybridized carbons (Fsp3) is 0.450. The van der Waals surface area contributed by atoms with Crippen molar-refractivity contribution in [3.8, 4) is 11.6 Å². The minimum Gasteiger partial charge on any atom is -0.503 e. The molecule has 9 nitrogen and oxygen atoms in total. The van der Waals surface area contributed by atoms with E-state index in [-0.39, 0.29) is 22.6 Å². The lowest BCUT2D eigenvalue weighted by molar-refractivity contribution is 0.0361. The highest BCUT2D eigenvalue weighted by molar-refractivity contribution is 7.90. The molecule has 1 saturated heterocycles. The van der Waals surface area contributed by atoms with Crippen molar-refractivity contribution in [3.63, 3.8) is 0 Å². The van der Waals surface area contributed by atoms with Crippen molar-refractivity contribution >= 4 is 15.7 Å². The Morgan fingerprint density at radius 1 is 1.23 bits per heavy atom. The van der Waals surface area contributed by atoms with Crippen molar-refractivity contribution in [2.24, 2.45) is 0 Å². The highest BCUT2D eigenvalue weighted by atomic mass is 32.2. The Morgan fingerprint density at radius 3 is 2.55 bits per heavy atom. The van der Waals surface area contributed by atoms with Crippen LogP contribution >= 0.6 is 0 Å². The zero-order chi connectivity index (χ0) is 22.8. The number of ether oxygens (including phenoxy) is 1. The summed E-state index contributed by atoms with van der Waals surface area (Å²) in [5.74, 6) is -2.26. The molecular formula is C20H26FN3O6S. The summed E-state index contributed by atoms with van der Waals surface area (Å²) in [6.07, 6.45) is 2.33. The van der Waals surface area contributed by atoms with E-state index in [1.165, 1.54) is 28.8 Å². The van der Waals surface area contributed by atoms with Gasteiger partial charge in [-0.15, -0.1) is 0 Å². The van der Waals surface area contributed by atoms with E-state index in [2.05, 4.69) is 4.90 Å². The van der Waals surface area contributed by atoms with Crippen molar-refractivity contribution in [1.29, 1.82) is 0 Å². The third kappa shape index (κ3) is 5.35. The van der Waals surface area contributed by atoms with Gasteiger partial charge in [-0.05, 0) is 17.7 Å². The van der Waals surface area contributed by atoms with Gasteiger partial charge in [-0.25, -0.2) is 12.8 Å². The molecule has 1 fully saturated rings. The van der Waals surface area contributed by atoms with Gasteiger partial charge in [0, 0.05) is 52.2 Å². The van der Waals surface area contributed by atoms with E-state index >= 15 is 0 Å². The van der Waals surface area contributed by atoms with E-state index < -0.39 is 33.2 Å². The molecule has 3 rings (SSSR count). The number of aromatic hydroxyl groups is 2. The lowest BCUT2D eigenvalue weighted by Crippen LogP contribution is -2.38. The first-order valence-corrected chi connectivity index (χ1v) is 11.6. The van der Waals surface area contributed by atoms with Crippen LogP contribution in [0.25, 0.3) is 0 Å². The summed E-state index contributed by atoms with van der Waals surface area (Å²) in [7, 11) is -2.28. The molecule has 1 amide bonds. The Hall–Kier alpha value is -2.63. The van der Waals surface area contributed by atoms with Crippen LogP contribution in [0.2, 0.25) is 0 Å². The van der Waals surface area contributed by atoms with Crippen LogP contribution in [-0.2, 0) is 27.7 Å².